The van der Waals surface area contributed by atoms with Gasteiger partial charge < -0.3 is 4.55 Å². The number of hydrogen-bond donors (Lipinski definition) is 0. The van der Waals surface area contributed by atoms with Gasteiger partial charge in [-0.3, -0.25) is 0 Å². The smallest absolute Gasteiger partial charge is 0.247 e. The van der Waals surface area contributed by atoms with E-state index in [-0.39, 0.29) is 0 Å². The van der Waals surface area contributed by atoms with Crippen LogP contribution in [0, 0.1) is 6.92 Å². The quantitative estimate of drug-likeness (QED) is 0.570. The lowest BCUT2D eigenvalue weighted by atomic mass is 10.3. The van der Waals surface area contributed by atoms with Crippen LogP contribution in [0.15, 0.2) is 23.4 Å². The molecule has 3 heteroatoms. The molecule has 0 aliphatic heterocycles. The van der Waals surface area contributed by atoms with Crippen LogP contribution in [-0.4, -0.2) is 15.8 Å². The topological polar surface area (TPSA) is 36.0 Å². The molecule has 0 radical (unpaired) electrons. The van der Waals surface area contributed by atoms with Crippen LogP contribution < -0.4 is 0 Å². The predicted octanol–water partition coefficient (Wildman–Crippen LogP) is 1.13. The molecule has 0 aliphatic rings. The van der Waals surface area contributed by atoms with E-state index in [0.717, 1.165) is 5.56 Å². The van der Waals surface area contributed by atoms with Crippen molar-refractivity contribution in [1.82, 2.24) is 4.98 Å². The van der Waals surface area contributed by atoms with Gasteiger partial charge in [-0.05, 0) is 13.0 Å². The maximum absolute atomic E-state index is 10.9. The molecule has 2 nitrogen and oxygen atoms in total. The van der Waals surface area contributed by atoms with E-state index in [4.69, 9.17) is 0 Å². The Labute approximate surface area is 63.5 Å². The van der Waals surface area contributed by atoms with Crippen molar-refractivity contribution >= 4 is 11.2 Å². The molecule has 10 heavy (non-hydrogen) atoms. The van der Waals surface area contributed by atoms with Crippen molar-refractivity contribution in [1.29, 1.82) is 0 Å². The normalized spacial score (nSPS) is 13.1. The summed E-state index contributed by atoms with van der Waals surface area (Å²) in [4.78, 5) is 3.98. The first-order valence-electron chi connectivity index (χ1n) is 2.97. The molecule has 0 saturated heterocycles. The summed E-state index contributed by atoms with van der Waals surface area (Å²) in [6, 6.07) is 3.75. The first kappa shape index (κ1) is 7.57. The molecule has 0 saturated carbocycles. The third-order valence-corrected chi connectivity index (χ3v) is 2.21. The monoisotopic (exact) mass is 155 g/mol. The van der Waals surface area contributed by atoms with Crippen LogP contribution in [0.1, 0.15) is 5.56 Å². The van der Waals surface area contributed by atoms with E-state index in [1.165, 1.54) is 0 Å². The zero-order chi connectivity index (χ0) is 7.56. The zero-order valence-electron chi connectivity index (χ0n) is 6.00. The van der Waals surface area contributed by atoms with Gasteiger partial charge in [0, 0.05) is 22.9 Å². The van der Waals surface area contributed by atoms with Gasteiger partial charge >= 0.3 is 0 Å². The van der Waals surface area contributed by atoms with Gasteiger partial charge in [0.2, 0.25) is 5.03 Å². The van der Waals surface area contributed by atoms with Crippen LogP contribution in [0.2, 0.25) is 0 Å². The van der Waals surface area contributed by atoms with Crippen molar-refractivity contribution in [2.75, 3.05) is 6.26 Å². The molecule has 0 fully saturated rings. The van der Waals surface area contributed by atoms with Gasteiger partial charge in [-0.1, -0.05) is 6.07 Å². The third kappa shape index (κ3) is 1.49. The predicted molar refractivity (Wildman–Crippen MR) is 41.3 cm³/mol. The first-order valence-corrected chi connectivity index (χ1v) is 4.52. The van der Waals surface area contributed by atoms with Gasteiger partial charge in [-0.15, -0.1) is 0 Å². The second kappa shape index (κ2) is 3.03. The Morgan fingerprint density at radius 3 is 2.70 bits per heavy atom. The minimum Gasteiger partial charge on any atom is -0.610 e. The Morgan fingerprint density at radius 2 is 2.30 bits per heavy atom. The summed E-state index contributed by atoms with van der Waals surface area (Å²) in [5.41, 5.74) is 0.989. The van der Waals surface area contributed by atoms with Crippen molar-refractivity contribution in [2.45, 2.75) is 11.9 Å². The summed E-state index contributed by atoms with van der Waals surface area (Å²) >= 11 is -0.952. The average molecular weight is 155 g/mol. The number of nitrogens with zero attached hydrogens (tertiary/aromatic N) is 1. The maximum atomic E-state index is 10.9. The highest BCUT2D eigenvalue weighted by molar-refractivity contribution is 7.90. The second-order valence-electron chi connectivity index (χ2n) is 2.08. The number of pyridine rings is 1. The largest absolute Gasteiger partial charge is 0.610 e. The molecule has 1 rings (SSSR count). The lowest BCUT2D eigenvalue weighted by molar-refractivity contribution is 0.596. The van der Waals surface area contributed by atoms with Crippen LogP contribution in [0.5, 0.6) is 0 Å². The lowest BCUT2D eigenvalue weighted by Crippen LogP contribution is -2.02. The van der Waals surface area contributed by atoms with E-state index >= 15 is 0 Å². The van der Waals surface area contributed by atoms with Crippen molar-refractivity contribution < 1.29 is 4.55 Å². The van der Waals surface area contributed by atoms with E-state index < -0.39 is 11.2 Å². The SMILES string of the molecule is Cc1cccnc1[S+](C)[O-]. The fourth-order valence-corrected chi connectivity index (χ4v) is 1.50. The second-order valence-corrected chi connectivity index (χ2v) is 3.37. The highest BCUT2D eigenvalue weighted by Gasteiger charge is 2.07. The fourth-order valence-electron chi connectivity index (χ4n) is 0.772. The molecule has 54 valence electrons. The molecule has 0 aromatic carbocycles. The van der Waals surface area contributed by atoms with E-state index in [1.807, 2.05) is 19.1 Å². The van der Waals surface area contributed by atoms with E-state index in [1.54, 1.807) is 12.5 Å². The molecule has 0 aliphatic carbocycles. The standard InChI is InChI=1S/C7H9NOS/c1-6-4-3-5-8-7(6)10(2)9/h3-5H,1-2H3. The molecule has 0 spiro atoms. The molecular weight excluding hydrogens is 146 g/mol. The summed E-state index contributed by atoms with van der Waals surface area (Å²) in [6.07, 6.45) is 3.29. The molecule has 0 amide bonds. The summed E-state index contributed by atoms with van der Waals surface area (Å²) in [5.74, 6) is 0. The minimum atomic E-state index is -0.952. The number of aromatic nitrogens is 1. The van der Waals surface area contributed by atoms with Gasteiger partial charge in [0.05, 0.1) is 0 Å². The fraction of sp³-hybridized carbons (Fsp3) is 0.286. The average Bonchev–Trinajstić information content (AvgIpc) is 1.88. The highest BCUT2D eigenvalue weighted by Crippen LogP contribution is 2.09. The molecule has 1 aromatic rings. The summed E-state index contributed by atoms with van der Waals surface area (Å²) in [6.45, 7) is 1.91. The molecule has 1 heterocycles. The van der Waals surface area contributed by atoms with Crippen LogP contribution >= 0.6 is 0 Å². The van der Waals surface area contributed by atoms with Gasteiger partial charge in [0.1, 0.15) is 6.26 Å². The molecule has 0 bridgehead atoms. The van der Waals surface area contributed by atoms with Crippen molar-refractivity contribution in [3.05, 3.63) is 23.9 Å². The van der Waals surface area contributed by atoms with E-state index in [0.29, 0.717) is 5.03 Å². The third-order valence-electron chi connectivity index (χ3n) is 1.23. The van der Waals surface area contributed by atoms with Gasteiger partial charge in [0.15, 0.2) is 0 Å². The van der Waals surface area contributed by atoms with Gasteiger partial charge in [-0.25, -0.2) is 4.98 Å². The van der Waals surface area contributed by atoms with Crippen LogP contribution in [0.3, 0.4) is 0 Å². The van der Waals surface area contributed by atoms with Crippen LogP contribution in [0.25, 0.3) is 0 Å². The first-order chi connectivity index (χ1) is 4.72. The Bertz CT molecular complexity index is 225. The molecule has 1 unspecified atom stereocenters. The number of hydrogen-bond acceptors (Lipinski definition) is 2. The number of aryl methyl sites for hydroxylation is 1. The van der Waals surface area contributed by atoms with Crippen LogP contribution in [0.4, 0.5) is 0 Å². The Kier molecular flexibility index (Phi) is 2.29. The summed E-state index contributed by atoms with van der Waals surface area (Å²) in [5, 5.41) is 0.683. The molecular formula is C7H9NOS. The molecule has 0 N–H and O–H groups in total. The zero-order valence-corrected chi connectivity index (χ0v) is 6.81. The van der Waals surface area contributed by atoms with Crippen molar-refractivity contribution in [2.24, 2.45) is 0 Å². The van der Waals surface area contributed by atoms with Crippen LogP contribution in [-0.2, 0) is 11.2 Å². The van der Waals surface area contributed by atoms with Gasteiger partial charge in [0.25, 0.3) is 0 Å². The number of rotatable bonds is 1. The summed E-state index contributed by atoms with van der Waals surface area (Å²) < 4.78 is 10.9. The van der Waals surface area contributed by atoms with Crippen molar-refractivity contribution in [3.63, 3.8) is 0 Å². The van der Waals surface area contributed by atoms with Gasteiger partial charge in [-0.2, -0.15) is 0 Å². The Morgan fingerprint density at radius 1 is 1.60 bits per heavy atom. The minimum absolute atomic E-state index is 0.683. The molecule has 1 atom stereocenters. The Balaban J connectivity index is 3.03. The lowest BCUT2D eigenvalue weighted by Gasteiger charge is -2.03. The van der Waals surface area contributed by atoms with E-state index in [2.05, 4.69) is 4.98 Å². The van der Waals surface area contributed by atoms with E-state index in [9.17, 15) is 4.55 Å². The molecule has 1 aromatic heterocycles. The maximum Gasteiger partial charge on any atom is 0.247 e. The summed E-state index contributed by atoms with van der Waals surface area (Å²) in [7, 11) is 0. The Hall–Kier alpha value is -0.540. The van der Waals surface area contributed by atoms with Crippen molar-refractivity contribution in [3.8, 4) is 0 Å². The highest BCUT2D eigenvalue weighted by atomic mass is 32.2.